The number of carbonyl (C=O) groups is 1. The summed E-state index contributed by atoms with van der Waals surface area (Å²) < 4.78 is 5.38. The van der Waals surface area contributed by atoms with Gasteiger partial charge in [0.05, 0.1) is 6.61 Å². The van der Waals surface area contributed by atoms with Crippen LogP contribution in [0.1, 0.15) is 36.2 Å². The van der Waals surface area contributed by atoms with Gasteiger partial charge in [-0.25, -0.2) is 0 Å². The van der Waals surface area contributed by atoms with E-state index in [1.54, 1.807) is 13.2 Å². The third-order valence-corrected chi connectivity index (χ3v) is 5.05. The zero-order chi connectivity index (χ0) is 16.8. The van der Waals surface area contributed by atoms with Crippen LogP contribution in [0.25, 0.3) is 0 Å². The van der Waals surface area contributed by atoms with Crippen molar-refractivity contribution in [3.05, 3.63) is 17.8 Å². The summed E-state index contributed by atoms with van der Waals surface area (Å²) in [6.45, 7) is 5.24. The third-order valence-electron chi connectivity index (χ3n) is 5.05. The Hall–Kier alpha value is -1.73. The molecule has 0 saturated carbocycles. The molecule has 1 amide bonds. The number of methoxy groups -OCH3 is 1. The number of hydrogen-bond donors (Lipinski definition) is 2. The van der Waals surface area contributed by atoms with Crippen LogP contribution in [0.5, 0.6) is 0 Å². The van der Waals surface area contributed by atoms with Crippen molar-refractivity contribution in [3.8, 4) is 0 Å². The second-order valence-corrected chi connectivity index (χ2v) is 6.84. The number of hydrogen-bond acceptors (Lipinski definition) is 6. The Balaban J connectivity index is 1.57. The van der Waals surface area contributed by atoms with Crippen LogP contribution in [-0.2, 0) is 4.74 Å². The van der Waals surface area contributed by atoms with Gasteiger partial charge in [0.15, 0.2) is 11.5 Å². The highest BCUT2D eigenvalue weighted by Gasteiger charge is 2.32. The summed E-state index contributed by atoms with van der Waals surface area (Å²) in [6.07, 6.45) is 4.39. The van der Waals surface area contributed by atoms with E-state index in [2.05, 4.69) is 25.7 Å². The first-order valence-corrected chi connectivity index (χ1v) is 8.79. The molecule has 0 atom stereocenters. The number of ether oxygens (including phenoxy) is 1. The van der Waals surface area contributed by atoms with Gasteiger partial charge in [0.1, 0.15) is 0 Å². The van der Waals surface area contributed by atoms with Gasteiger partial charge in [0, 0.05) is 32.2 Å². The van der Waals surface area contributed by atoms with E-state index in [1.807, 2.05) is 6.07 Å². The summed E-state index contributed by atoms with van der Waals surface area (Å²) in [5, 5.41) is 14.7. The van der Waals surface area contributed by atoms with E-state index < -0.39 is 0 Å². The Morgan fingerprint density at radius 1 is 1.29 bits per heavy atom. The van der Waals surface area contributed by atoms with Gasteiger partial charge in [0.2, 0.25) is 0 Å². The highest BCUT2D eigenvalue weighted by molar-refractivity contribution is 5.92. The second kappa shape index (κ2) is 7.90. The number of rotatable bonds is 6. The topological polar surface area (TPSA) is 79.4 Å². The van der Waals surface area contributed by atoms with E-state index in [-0.39, 0.29) is 11.3 Å². The molecule has 0 aliphatic carbocycles. The van der Waals surface area contributed by atoms with Crippen LogP contribution in [-0.4, -0.2) is 62.5 Å². The summed E-state index contributed by atoms with van der Waals surface area (Å²) in [6, 6.07) is 3.66. The molecule has 7 nitrogen and oxygen atoms in total. The van der Waals surface area contributed by atoms with Gasteiger partial charge in [-0.2, -0.15) is 0 Å². The molecule has 2 N–H and O–H groups in total. The lowest BCUT2D eigenvalue weighted by atomic mass is 9.79. The minimum atomic E-state index is -0.163. The highest BCUT2D eigenvalue weighted by Crippen LogP contribution is 2.28. The van der Waals surface area contributed by atoms with E-state index >= 15 is 0 Å². The summed E-state index contributed by atoms with van der Waals surface area (Å²) in [5.41, 5.74) is 0.387. The predicted octanol–water partition coefficient (Wildman–Crippen LogP) is 0.823. The van der Waals surface area contributed by atoms with Crippen LogP contribution in [0.15, 0.2) is 12.1 Å². The molecule has 0 spiro atoms. The molecule has 2 aliphatic heterocycles. The zero-order valence-electron chi connectivity index (χ0n) is 14.4. The molecule has 1 aromatic heterocycles. The lowest BCUT2D eigenvalue weighted by Gasteiger charge is -2.37. The van der Waals surface area contributed by atoms with E-state index in [1.165, 1.54) is 12.8 Å². The number of aromatic nitrogens is 2. The minimum absolute atomic E-state index is 0.0125. The Kier molecular flexibility index (Phi) is 5.63. The molecule has 132 valence electrons. The molecular weight excluding hydrogens is 306 g/mol. The van der Waals surface area contributed by atoms with Crippen LogP contribution < -0.4 is 15.5 Å². The largest absolute Gasteiger partial charge is 0.384 e. The summed E-state index contributed by atoms with van der Waals surface area (Å²) >= 11 is 0. The van der Waals surface area contributed by atoms with Gasteiger partial charge in [-0.1, -0.05) is 0 Å². The molecule has 7 heteroatoms. The molecule has 3 heterocycles. The molecule has 1 aromatic rings. The summed E-state index contributed by atoms with van der Waals surface area (Å²) in [7, 11) is 1.72. The quantitative estimate of drug-likeness (QED) is 0.802. The van der Waals surface area contributed by atoms with Gasteiger partial charge in [-0.15, -0.1) is 10.2 Å². The van der Waals surface area contributed by atoms with E-state index in [0.717, 1.165) is 44.8 Å². The van der Waals surface area contributed by atoms with E-state index in [0.29, 0.717) is 18.8 Å². The Morgan fingerprint density at radius 3 is 2.67 bits per heavy atom. The van der Waals surface area contributed by atoms with Crippen LogP contribution in [0.2, 0.25) is 0 Å². The van der Waals surface area contributed by atoms with Crippen molar-refractivity contribution in [2.45, 2.75) is 25.7 Å². The Bertz CT molecular complexity index is 531. The van der Waals surface area contributed by atoms with E-state index in [4.69, 9.17) is 4.74 Å². The average molecular weight is 333 g/mol. The van der Waals surface area contributed by atoms with Crippen molar-refractivity contribution >= 4 is 11.7 Å². The van der Waals surface area contributed by atoms with Crippen molar-refractivity contribution in [1.29, 1.82) is 0 Å². The smallest absolute Gasteiger partial charge is 0.271 e. The zero-order valence-corrected chi connectivity index (χ0v) is 14.4. The van der Waals surface area contributed by atoms with Crippen molar-refractivity contribution < 1.29 is 9.53 Å². The minimum Gasteiger partial charge on any atom is -0.384 e. The molecule has 0 bridgehead atoms. The number of carbonyl (C=O) groups excluding carboxylic acids is 1. The predicted molar refractivity (Wildman–Crippen MR) is 92.2 cm³/mol. The number of anilines is 1. The third kappa shape index (κ3) is 4.02. The van der Waals surface area contributed by atoms with E-state index in [9.17, 15) is 4.79 Å². The summed E-state index contributed by atoms with van der Waals surface area (Å²) in [5.74, 6) is 0.697. The monoisotopic (exact) mass is 333 g/mol. The van der Waals surface area contributed by atoms with Crippen LogP contribution in [0.3, 0.4) is 0 Å². The molecule has 0 aromatic carbocycles. The summed E-state index contributed by atoms with van der Waals surface area (Å²) in [4.78, 5) is 14.6. The Labute approximate surface area is 143 Å². The van der Waals surface area contributed by atoms with Crippen LogP contribution >= 0.6 is 0 Å². The van der Waals surface area contributed by atoms with Gasteiger partial charge >= 0.3 is 0 Å². The number of nitrogens with one attached hydrogen (secondary N) is 2. The first-order valence-electron chi connectivity index (χ1n) is 8.79. The maximum Gasteiger partial charge on any atom is 0.271 e. The molecule has 2 fully saturated rings. The lowest BCUT2D eigenvalue weighted by Crippen LogP contribution is -2.47. The fourth-order valence-electron chi connectivity index (χ4n) is 3.55. The van der Waals surface area contributed by atoms with Crippen molar-refractivity contribution in [1.82, 2.24) is 20.8 Å². The van der Waals surface area contributed by atoms with Crippen molar-refractivity contribution in [2.24, 2.45) is 5.41 Å². The molecule has 24 heavy (non-hydrogen) atoms. The first kappa shape index (κ1) is 17.1. The molecule has 2 saturated heterocycles. The molecule has 0 unspecified atom stereocenters. The van der Waals surface area contributed by atoms with Gasteiger partial charge in [0.25, 0.3) is 5.91 Å². The number of nitrogens with zero attached hydrogens (tertiary/aromatic N) is 3. The maximum absolute atomic E-state index is 12.4. The van der Waals surface area contributed by atoms with Crippen LogP contribution in [0.4, 0.5) is 5.82 Å². The molecular formula is C17H27N5O2. The number of amides is 1. The fraction of sp³-hybridized carbons (Fsp3) is 0.706. The Morgan fingerprint density at radius 2 is 2.04 bits per heavy atom. The highest BCUT2D eigenvalue weighted by atomic mass is 16.5. The SMILES string of the molecule is COCC1(CNC(=O)c2ccc(N3CCCC3)nn2)CCNCC1. The number of piperidine rings is 1. The van der Waals surface area contributed by atoms with Gasteiger partial charge < -0.3 is 20.3 Å². The molecule has 3 rings (SSSR count). The lowest BCUT2D eigenvalue weighted by molar-refractivity contribution is 0.0510. The molecule has 0 radical (unpaired) electrons. The van der Waals surface area contributed by atoms with Crippen molar-refractivity contribution in [3.63, 3.8) is 0 Å². The van der Waals surface area contributed by atoms with Crippen LogP contribution in [0, 0.1) is 5.41 Å². The van der Waals surface area contributed by atoms with Gasteiger partial charge in [-0.3, -0.25) is 4.79 Å². The fourth-order valence-corrected chi connectivity index (χ4v) is 3.55. The normalized spacial score (nSPS) is 20.1. The molecule has 2 aliphatic rings. The first-order chi connectivity index (χ1) is 11.7. The average Bonchev–Trinajstić information content (AvgIpc) is 3.16. The maximum atomic E-state index is 12.4. The van der Waals surface area contributed by atoms with Gasteiger partial charge in [-0.05, 0) is 50.9 Å². The second-order valence-electron chi connectivity index (χ2n) is 6.84. The standard InChI is InChI=1S/C17H27N5O2/c1-24-13-17(6-8-18-9-7-17)12-19-16(23)14-4-5-15(21-20-14)22-10-2-3-11-22/h4-5,18H,2-3,6-13H2,1H3,(H,19,23). The van der Waals surface area contributed by atoms with Crippen molar-refractivity contribution in [2.75, 3.05) is 51.3 Å².